The highest BCUT2D eigenvalue weighted by Gasteiger charge is 2.38. The van der Waals surface area contributed by atoms with Gasteiger partial charge in [-0.1, -0.05) is 23.7 Å². The summed E-state index contributed by atoms with van der Waals surface area (Å²) in [6.07, 6.45) is 0. The Morgan fingerprint density at radius 1 is 1.00 bits per heavy atom. The Kier molecular flexibility index (Phi) is 6.02. The predicted molar refractivity (Wildman–Crippen MR) is 111 cm³/mol. The largest absolute Gasteiger partial charge is 0.383 e. The standard InChI is InChI=1S/C21H22ClN3O3/c1-24(2)17-10-8-16(9-11-17)23-19-18(14-4-6-15(22)7-5-14)20(26)25(21(19)27)12-13-28-3/h4-11,23H,12-13H2,1-3H3. The molecular formula is C21H22ClN3O3. The van der Waals surface area contributed by atoms with E-state index in [9.17, 15) is 9.59 Å². The number of nitrogens with one attached hydrogen (secondary N) is 1. The molecule has 2 aromatic carbocycles. The molecule has 0 bridgehead atoms. The van der Waals surface area contributed by atoms with Crippen molar-refractivity contribution in [1.82, 2.24) is 4.90 Å². The molecule has 0 unspecified atom stereocenters. The Balaban J connectivity index is 1.98. The number of rotatable bonds is 7. The number of hydrogen-bond donors (Lipinski definition) is 1. The number of benzene rings is 2. The number of hydrogen-bond acceptors (Lipinski definition) is 5. The molecule has 0 saturated carbocycles. The van der Waals surface area contributed by atoms with Crippen LogP contribution in [0.3, 0.4) is 0 Å². The fourth-order valence-corrected chi connectivity index (χ4v) is 3.08. The van der Waals surface area contributed by atoms with E-state index in [-0.39, 0.29) is 30.7 Å². The maximum atomic E-state index is 13.0. The molecule has 3 rings (SSSR count). The Morgan fingerprint density at radius 3 is 2.21 bits per heavy atom. The summed E-state index contributed by atoms with van der Waals surface area (Å²) in [5.41, 5.74) is 2.97. The monoisotopic (exact) mass is 399 g/mol. The molecule has 0 spiro atoms. The average Bonchev–Trinajstić information content (AvgIpc) is 2.91. The summed E-state index contributed by atoms with van der Waals surface area (Å²) in [6, 6.07) is 14.5. The van der Waals surface area contributed by atoms with Crippen molar-refractivity contribution in [3.8, 4) is 0 Å². The van der Waals surface area contributed by atoms with Crippen molar-refractivity contribution in [1.29, 1.82) is 0 Å². The third-order valence-corrected chi connectivity index (χ3v) is 4.72. The quantitative estimate of drug-likeness (QED) is 0.724. The topological polar surface area (TPSA) is 61.9 Å². The molecule has 2 amide bonds. The molecule has 0 radical (unpaired) electrons. The first-order valence-corrected chi connectivity index (χ1v) is 9.20. The van der Waals surface area contributed by atoms with Crippen LogP contribution in [0.1, 0.15) is 5.56 Å². The Morgan fingerprint density at radius 2 is 1.64 bits per heavy atom. The van der Waals surface area contributed by atoms with Crippen LogP contribution in [-0.2, 0) is 14.3 Å². The van der Waals surface area contributed by atoms with Crippen LogP contribution in [0.15, 0.2) is 54.2 Å². The first kappa shape index (κ1) is 19.9. The Bertz CT molecular complexity index is 905. The summed E-state index contributed by atoms with van der Waals surface area (Å²) in [7, 11) is 5.44. The van der Waals surface area contributed by atoms with Gasteiger partial charge in [-0.25, -0.2) is 0 Å². The van der Waals surface area contributed by atoms with Gasteiger partial charge >= 0.3 is 0 Å². The number of carbonyl (C=O) groups is 2. The molecule has 0 saturated heterocycles. The second-order valence-electron chi connectivity index (χ2n) is 6.58. The van der Waals surface area contributed by atoms with E-state index in [2.05, 4.69) is 5.32 Å². The fourth-order valence-electron chi connectivity index (χ4n) is 2.95. The molecule has 6 nitrogen and oxygen atoms in total. The van der Waals surface area contributed by atoms with E-state index in [1.54, 1.807) is 24.3 Å². The number of anilines is 2. The van der Waals surface area contributed by atoms with Crippen LogP contribution in [0.5, 0.6) is 0 Å². The first-order chi connectivity index (χ1) is 13.4. The highest BCUT2D eigenvalue weighted by atomic mass is 35.5. The zero-order valence-corrected chi connectivity index (χ0v) is 16.8. The molecule has 1 N–H and O–H groups in total. The molecule has 2 aromatic rings. The van der Waals surface area contributed by atoms with Gasteiger partial charge in [0.2, 0.25) is 0 Å². The van der Waals surface area contributed by atoms with Crippen molar-refractivity contribution in [3.05, 3.63) is 64.8 Å². The lowest BCUT2D eigenvalue weighted by molar-refractivity contribution is -0.137. The van der Waals surface area contributed by atoms with Gasteiger partial charge in [0.25, 0.3) is 11.8 Å². The molecule has 7 heteroatoms. The van der Waals surface area contributed by atoms with E-state index in [4.69, 9.17) is 16.3 Å². The van der Waals surface area contributed by atoms with Crippen LogP contribution < -0.4 is 10.2 Å². The van der Waals surface area contributed by atoms with Crippen LogP contribution in [0.2, 0.25) is 5.02 Å². The van der Waals surface area contributed by atoms with E-state index in [0.29, 0.717) is 16.2 Å². The lowest BCUT2D eigenvalue weighted by Crippen LogP contribution is -2.35. The zero-order chi connectivity index (χ0) is 20.3. The van der Waals surface area contributed by atoms with Gasteiger partial charge in [0, 0.05) is 37.6 Å². The molecule has 28 heavy (non-hydrogen) atoms. The summed E-state index contributed by atoms with van der Waals surface area (Å²) in [6.45, 7) is 0.464. The minimum absolute atomic E-state index is 0.190. The van der Waals surface area contributed by atoms with E-state index in [1.165, 1.54) is 12.0 Å². The number of halogens is 1. The lowest BCUT2D eigenvalue weighted by Gasteiger charge is -2.15. The van der Waals surface area contributed by atoms with E-state index < -0.39 is 0 Å². The minimum Gasteiger partial charge on any atom is -0.383 e. The van der Waals surface area contributed by atoms with Gasteiger partial charge in [0.1, 0.15) is 5.70 Å². The van der Waals surface area contributed by atoms with Gasteiger partial charge in [-0.2, -0.15) is 0 Å². The van der Waals surface area contributed by atoms with Gasteiger partial charge in [0.05, 0.1) is 18.7 Å². The number of nitrogens with zero attached hydrogens (tertiary/aromatic N) is 2. The van der Waals surface area contributed by atoms with Gasteiger partial charge < -0.3 is 15.0 Å². The molecule has 0 atom stereocenters. The molecule has 0 aliphatic carbocycles. The number of carbonyl (C=O) groups excluding carboxylic acids is 2. The van der Waals surface area contributed by atoms with Crippen molar-refractivity contribution in [2.24, 2.45) is 0 Å². The van der Waals surface area contributed by atoms with E-state index in [0.717, 1.165) is 11.4 Å². The second kappa shape index (κ2) is 8.46. The van der Waals surface area contributed by atoms with Crippen LogP contribution in [0.25, 0.3) is 5.57 Å². The second-order valence-corrected chi connectivity index (χ2v) is 7.01. The summed E-state index contributed by atoms with van der Waals surface area (Å²) in [5, 5.41) is 3.69. The fraction of sp³-hybridized carbons (Fsp3) is 0.238. The summed E-state index contributed by atoms with van der Waals surface area (Å²) in [5.74, 6) is -0.722. The minimum atomic E-state index is -0.372. The van der Waals surface area contributed by atoms with Gasteiger partial charge in [-0.05, 0) is 42.0 Å². The van der Waals surface area contributed by atoms with Crippen LogP contribution in [0, 0.1) is 0 Å². The number of imide groups is 1. The number of ether oxygens (including phenoxy) is 1. The number of methoxy groups -OCH3 is 1. The first-order valence-electron chi connectivity index (χ1n) is 8.82. The zero-order valence-electron chi connectivity index (χ0n) is 16.0. The smallest absolute Gasteiger partial charge is 0.278 e. The SMILES string of the molecule is COCCN1C(=O)C(Nc2ccc(N(C)C)cc2)=C(c2ccc(Cl)cc2)C1=O. The maximum absolute atomic E-state index is 13.0. The summed E-state index contributed by atoms with van der Waals surface area (Å²) >= 11 is 5.97. The van der Waals surface area contributed by atoms with Crippen LogP contribution >= 0.6 is 11.6 Å². The van der Waals surface area contributed by atoms with Gasteiger partial charge in [0.15, 0.2) is 0 Å². The molecular weight excluding hydrogens is 378 g/mol. The number of amides is 2. The van der Waals surface area contributed by atoms with Crippen molar-refractivity contribution in [2.75, 3.05) is 44.6 Å². The van der Waals surface area contributed by atoms with E-state index >= 15 is 0 Å². The predicted octanol–water partition coefficient (Wildman–Crippen LogP) is 3.24. The summed E-state index contributed by atoms with van der Waals surface area (Å²) in [4.78, 5) is 29.1. The van der Waals surface area contributed by atoms with E-state index in [1.807, 2.05) is 43.3 Å². The highest BCUT2D eigenvalue weighted by Crippen LogP contribution is 2.31. The Labute approximate surface area is 169 Å². The average molecular weight is 400 g/mol. The Hall–Kier alpha value is -2.83. The van der Waals surface area contributed by atoms with Crippen molar-refractivity contribution in [2.45, 2.75) is 0 Å². The van der Waals surface area contributed by atoms with Gasteiger partial charge in [-0.3, -0.25) is 14.5 Å². The highest BCUT2D eigenvalue weighted by molar-refractivity contribution is 6.36. The lowest BCUT2D eigenvalue weighted by atomic mass is 10.0. The van der Waals surface area contributed by atoms with Crippen LogP contribution in [0.4, 0.5) is 11.4 Å². The van der Waals surface area contributed by atoms with Crippen LogP contribution in [-0.4, -0.2) is 51.1 Å². The van der Waals surface area contributed by atoms with Crippen molar-refractivity contribution < 1.29 is 14.3 Å². The van der Waals surface area contributed by atoms with Crippen molar-refractivity contribution in [3.63, 3.8) is 0 Å². The molecule has 0 aromatic heterocycles. The normalized spacial score (nSPS) is 14.1. The molecule has 1 aliphatic heterocycles. The molecule has 146 valence electrons. The maximum Gasteiger partial charge on any atom is 0.278 e. The third-order valence-electron chi connectivity index (χ3n) is 4.47. The van der Waals surface area contributed by atoms with Gasteiger partial charge in [-0.15, -0.1) is 0 Å². The molecule has 1 aliphatic rings. The third kappa shape index (κ3) is 4.03. The molecule has 0 fully saturated rings. The van der Waals surface area contributed by atoms with Crippen molar-refractivity contribution >= 4 is 40.4 Å². The summed E-state index contributed by atoms with van der Waals surface area (Å²) < 4.78 is 5.04. The molecule has 1 heterocycles.